The molecule has 1 heteroatoms. The molecule has 0 amide bonds. The van der Waals surface area contributed by atoms with Gasteiger partial charge in [0.2, 0.25) is 0 Å². The lowest BCUT2D eigenvalue weighted by Gasteiger charge is -2.18. The van der Waals surface area contributed by atoms with E-state index in [1.807, 2.05) is 0 Å². The third-order valence-corrected chi connectivity index (χ3v) is 7.57. The molecule has 9 aromatic carbocycles. The van der Waals surface area contributed by atoms with Gasteiger partial charge in [0, 0.05) is 10.8 Å². The molecule has 0 spiro atoms. The lowest BCUT2D eigenvalue weighted by molar-refractivity contribution is 0.669. The summed E-state index contributed by atoms with van der Waals surface area (Å²) < 4.78 is 240. The molecule has 0 saturated carbocycles. The van der Waals surface area contributed by atoms with Gasteiger partial charge in [-0.25, -0.2) is 0 Å². The van der Waals surface area contributed by atoms with E-state index in [0.717, 1.165) is 0 Å². The third kappa shape index (κ3) is 3.62. The molecule has 208 valence electrons. The van der Waals surface area contributed by atoms with E-state index in [0.29, 0.717) is 0 Å². The molecule has 0 aliphatic rings. The molecule has 0 atom stereocenters. The molecule has 0 unspecified atom stereocenters. The topological polar surface area (TPSA) is 13.1 Å². The van der Waals surface area contributed by atoms with Crippen LogP contribution < -0.4 is 0 Å². The zero-order valence-electron chi connectivity index (χ0n) is 48.4. The molecule has 0 aliphatic heterocycles. The van der Waals surface area contributed by atoms with Crippen molar-refractivity contribution in [1.29, 1.82) is 0 Å². The van der Waals surface area contributed by atoms with Crippen molar-refractivity contribution in [2.45, 2.75) is 0 Å². The minimum absolute atomic E-state index is 0.433. The van der Waals surface area contributed by atoms with Gasteiger partial charge in [0.1, 0.15) is 11.2 Å². The van der Waals surface area contributed by atoms with E-state index in [1.165, 1.54) is 0 Å². The summed E-state index contributed by atoms with van der Waals surface area (Å²) in [4.78, 5) is 0. The Bertz CT molecular complexity index is 4210. The zero-order valence-corrected chi connectivity index (χ0v) is 22.4. The van der Waals surface area contributed by atoms with Crippen LogP contribution in [0.4, 0.5) is 0 Å². The van der Waals surface area contributed by atoms with Crippen LogP contribution in [-0.4, -0.2) is 0 Å². The van der Waals surface area contributed by atoms with Gasteiger partial charge in [-0.05, 0) is 106 Å². The van der Waals surface area contributed by atoms with Gasteiger partial charge in [0.25, 0.3) is 0 Å². The van der Waals surface area contributed by atoms with Crippen LogP contribution in [0.15, 0.2) is 162 Å². The molecular formula is C44H26O. The van der Waals surface area contributed by atoms with E-state index in [4.69, 9.17) is 25.0 Å². The second kappa shape index (κ2) is 9.29. The highest BCUT2D eigenvalue weighted by Gasteiger charge is 2.18. The Morgan fingerprint density at radius 3 is 1.49 bits per heavy atom. The summed E-state index contributed by atoms with van der Waals surface area (Å²) in [7, 11) is 0. The van der Waals surface area contributed by atoms with E-state index in [9.17, 15) is 15.1 Å². The van der Waals surface area contributed by atoms with Gasteiger partial charge < -0.3 is 4.42 Å². The highest BCUT2D eigenvalue weighted by Crippen LogP contribution is 2.45. The first-order valence-electron chi connectivity index (χ1n) is 26.4. The maximum absolute atomic E-state index is 9.81. The average molecular weight is 597 g/mol. The number of furan rings is 1. The number of benzene rings is 9. The lowest BCUT2D eigenvalue weighted by Crippen LogP contribution is -1.91. The minimum Gasteiger partial charge on any atom is -0.456 e. The Hall–Kier alpha value is -5.92. The van der Waals surface area contributed by atoms with E-state index in [-0.39, 0.29) is 0 Å². The Morgan fingerprint density at radius 2 is 0.800 bits per heavy atom. The van der Waals surface area contributed by atoms with E-state index in [1.54, 1.807) is 0 Å². The number of hydrogen-bond donors (Lipinski definition) is 0. The lowest BCUT2D eigenvalue weighted by atomic mass is 9.85. The number of fused-ring (bicyclic) bond motifs is 9. The molecular weight excluding hydrogens is 544 g/mol. The van der Waals surface area contributed by atoms with Crippen molar-refractivity contribution in [3.8, 4) is 22.3 Å². The van der Waals surface area contributed by atoms with E-state index >= 15 is 0 Å². The molecule has 0 N–H and O–H groups in total. The quantitative estimate of drug-likeness (QED) is 0.143. The molecule has 1 aromatic heterocycles. The van der Waals surface area contributed by atoms with Crippen molar-refractivity contribution < 1.29 is 40.1 Å². The normalized spacial score (nSPS) is 20.1. The fourth-order valence-corrected chi connectivity index (χ4v) is 5.64. The van der Waals surface area contributed by atoms with Crippen LogP contribution in [0.25, 0.3) is 98.1 Å². The molecule has 45 heavy (non-hydrogen) atoms. The second-order valence-electron chi connectivity index (χ2n) is 10.0. The van der Waals surface area contributed by atoms with Gasteiger partial charge in [-0.2, -0.15) is 0 Å². The van der Waals surface area contributed by atoms with Gasteiger partial charge in [-0.1, -0.05) is 127 Å². The van der Waals surface area contributed by atoms with Crippen molar-refractivity contribution in [1.82, 2.24) is 0 Å². The summed E-state index contributed by atoms with van der Waals surface area (Å²) in [6, 6.07) is -22.3. The highest BCUT2D eigenvalue weighted by atomic mass is 16.3. The maximum Gasteiger partial charge on any atom is 0.136 e. The van der Waals surface area contributed by atoms with E-state index < -0.39 is 255 Å². The molecule has 0 fully saturated rings. The number of hydrogen-bond acceptors (Lipinski definition) is 1. The van der Waals surface area contributed by atoms with Crippen LogP contribution in [-0.2, 0) is 0 Å². The van der Waals surface area contributed by atoms with Crippen molar-refractivity contribution in [2.24, 2.45) is 0 Å². The summed E-state index contributed by atoms with van der Waals surface area (Å²) in [5, 5.41) is -6.80. The fourth-order valence-electron chi connectivity index (χ4n) is 5.64. The first kappa shape index (κ1) is 10.3. The van der Waals surface area contributed by atoms with Crippen molar-refractivity contribution in [2.75, 3.05) is 0 Å². The minimum atomic E-state index is -0.981. The Balaban J connectivity index is 1.50. The summed E-state index contributed by atoms with van der Waals surface area (Å²) >= 11 is 0. The summed E-state index contributed by atoms with van der Waals surface area (Å²) in [5.74, 6) is 0. The SMILES string of the molecule is [2H]c1c(-c2c3c([2H])c([2H])c([2H])c([2H])c3c(-c3c([2H])c([2H])c4c(c3[2H])c([2H])c([2H])c3c([2H])c([2H])c([2H])c([2H])c34)c3c([2H])c([2H])c([2H])c([2H])c23)c([2H])c2c(oc3c([2H])c4c([2H])c([2H])c([2H])c([2H])c4c([2H])c32)c1[2H]. The molecule has 0 saturated heterocycles. The second-order valence-corrected chi connectivity index (χ2v) is 10.0. The maximum atomic E-state index is 9.81. The third-order valence-electron chi connectivity index (χ3n) is 7.57. The summed E-state index contributed by atoms with van der Waals surface area (Å²) in [5.41, 5.74) is -4.02. The van der Waals surface area contributed by atoms with Crippen LogP contribution in [0, 0.1) is 0 Å². The molecule has 1 heterocycles. The Morgan fingerprint density at radius 1 is 0.311 bits per heavy atom. The predicted octanol–water partition coefficient (Wildman–Crippen LogP) is 12.7. The largest absolute Gasteiger partial charge is 0.456 e. The molecule has 10 aromatic rings. The number of rotatable bonds is 2. The summed E-state index contributed by atoms with van der Waals surface area (Å²) in [6.45, 7) is 0. The van der Waals surface area contributed by atoms with Crippen molar-refractivity contribution >= 4 is 75.8 Å². The van der Waals surface area contributed by atoms with Crippen molar-refractivity contribution in [3.63, 3.8) is 0 Å². The highest BCUT2D eigenvalue weighted by molar-refractivity contribution is 6.23. The average Bonchev–Trinajstić information content (AvgIpc) is 3.76. The van der Waals surface area contributed by atoms with Gasteiger partial charge in [0.05, 0.1) is 35.6 Å². The molecule has 10 rings (SSSR count). The van der Waals surface area contributed by atoms with Gasteiger partial charge in [-0.15, -0.1) is 0 Å². The molecule has 0 bridgehead atoms. The van der Waals surface area contributed by atoms with Crippen LogP contribution in [0.2, 0.25) is 0 Å². The predicted molar refractivity (Wildman–Crippen MR) is 192 cm³/mol. The van der Waals surface area contributed by atoms with Gasteiger partial charge >= 0.3 is 0 Å². The Labute approximate surface area is 296 Å². The van der Waals surface area contributed by atoms with Crippen molar-refractivity contribution in [3.05, 3.63) is 157 Å². The van der Waals surface area contributed by atoms with Crippen LogP contribution >= 0.6 is 0 Å². The monoisotopic (exact) mass is 596 g/mol. The first-order chi connectivity index (χ1) is 33.2. The molecule has 0 aliphatic carbocycles. The van der Waals surface area contributed by atoms with Crippen LogP contribution in [0.3, 0.4) is 0 Å². The standard InChI is InChI=1S/C44H26O/c1-2-11-29-26-42-40(24-28(29)10-1)39-25-32(20-22-41(39)45-42)44-37-15-7-5-13-35(37)43(36-14-6-8-16-38(36)44)31-19-21-34-30(23-31)18-17-27-9-3-4-12-33(27)34/h1-26H/i1D,2D,3D,4D,5D,6D,7D,8D,9D,10D,11D,12D,13D,14D,15D,16D,17D,18D,19D,20D,21D,22D,23D,24D,25D,26D. The van der Waals surface area contributed by atoms with Crippen LogP contribution in [0.5, 0.6) is 0 Å². The fraction of sp³-hybridized carbons (Fsp3) is 0. The summed E-state index contributed by atoms with van der Waals surface area (Å²) in [6.07, 6.45) is 0. The molecule has 0 radical (unpaired) electrons. The van der Waals surface area contributed by atoms with E-state index in [2.05, 4.69) is 0 Å². The van der Waals surface area contributed by atoms with Gasteiger partial charge in [0.15, 0.2) is 0 Å². The first-order valence-corrected chi connectivity index (χ1v) is 13.4. The van der Waals surface area contributed by atoms with Gasteiger partial charge in [-0.3, -0.25) is 0 Å². The zero-order chi connectivity index (χ0) is 52.1. The van der Waals surface area contributed by atoms with Crippen LogP contribution in [0.1, 0.15) is 35.6 Å². The Kier molecular flexibility index (Phi) is 2.13. The molecule has 1 nitrogen and oxygen atoms in total. The smallest absolute Gasteiger partial charge is 0.136 e.